The quantitative estimate of drug-likeness (QED) is 0.272. The molecule has 0 radical (unpaired) electrons. The largest absolute Gasteiger partial charge is 0.490 e. The highest BCUT2D eigenvalue weighted by atomic mass is 127. The molecule has 152 valence electrons. The third-order valence-electron chi connectivity index (χ3n) is 4.92. The van der Waals surface area contributed by atoms with Gasteiger partial charge in [0.1, 0.15) is 18.5 Å². The van der Waals surface area contributed by atoms with Gasteiger partial charge in [0.25, 0.3) is 5.91 Å². The van der Waals surface area contributed by atoms with E-state index in [2.05, 4.69) is 50.4 Å². The van der Waals surface area contributed by atoms with E-state index in [1.165, 1.54) is 0 Å². The van der Waals surface area contributed by atoms with Gasteiger partial charge in [-0.3, -0.25) is 9.69 Å². The van der Waals surface area contributed by atoms with Crippen LogP contribution in [0.5, 0.6) is 5.75 Å². The van der Waals surface area contributed by atoms with Crippen LogP contribution in [0.2, 0.25) is 0 Å². The summed E-state index contributed by atoms with van der Waals surface area (Å²) in [5.41, 5.74) is 4.36. The Bertz CT molecular complexity index is 1110. The summed E-state index contributed by atoms with van der Waals surface area (Å²) in [6.07, 6.45) is 1.31. The van der Waals surface area contributed by atoms with Crippen molar-refractivity contribution in [2.24, 2.45) is 0 Å². The van der Waals surface area contributed by atoms with Crippen LogP contribution in [0.25, 0.3) is 0 Å². The van der Waals surface area contributed by atoms with Gasteiger partial charge in [-0.2, -0.15) is 0 Å². The molecule has 4 nitrogen and oxygen atoms in total. The number of hydrogen-bond donors (Lipinski definition) is 1. The maximum Gasteiger partial charge on any atom is 0.262 e. The Morgan fingerprint density at radius 2 is 1.93 bits per heavy atom. The molecule has 1 heterocycles. The third kappa shape index (κ3) is 4.11. The Morgan fingerprint density at radius 1 is 1.17 bits per heavy atom. The van der Waals surface area contributed by atoms with Crippen molar-refractivity contribution in [2.45, 2.75) is 13.1 Å². The van der Waals surface area contributed by atoms with Crippen molar-refractivity contribution in [2.75, 3.05) is 16.8 Å². The molecule has 1 N–H and O–H groups in total. The average Bonchev–Trinajstić information content (AvgIpc) is 2.74. The smallest absolute Gasteiger partial charge is 0.262 e. The molecule has 0 saturated heterocycles. The fourth-order valence-corrected chi connectivity index (χ4v) is 4.40. The first-order valence-corrected chi connectivity index (χ1v) is 11.3. The summed E-state index contributed by atoms with van der Waals surface area (Å²) in [6.45, 7) is 6.16. The lowest BCUT2D eigenvalue weighted by Crippen LogP contribution is -2.43. The van der Waals surface area contributed by atoms with Gasteiger partial charge in [-0.1, -0.05) is 46.3 Å². The molecule has 30 heavy (non-hydrogen) atoms. The van der Waals surface area contributed by atoms with E-state index >= 15 is 0 Å². The van der Waals surface area contributed by atoms with Crippen LogP contribution in [0.1, 0.15) is 27.7 Å². The highest BCUT2D eigenvalue weighted by molar-refractivity contribution is 14.1. The summed E-state index contributed by atoms with van der Waals surface area (Å²) in [7, 11) is 0. The Morgan fingerprint density at radius 3 is 2.67 bits per heavy atom. The Kier molecular flexibility index (Phi) is 6.15. The van der Waals surface area contributed by atoms with Crippen LogP contribution in [0, 0.1) is 10.5 Å². The maximum atomic E-state index is 13.6. The van der Waals surface area contributed by atoms with Crippen molar-refractivity contribution < 1.29 is 9.53 Å². The van der Waals surface area contributed by atoms with E-state index < -0.39 is 6.17 Å². The molecule has 1 aliphatic heterocycles. The average molecular weight is 575 g/mol. The van der Waals surface area contributed by atoms with Gasteiger partial charge in [0.15, 0.2) is 0 Å². The number of rotatable bonds is 5. The standard InChI is InChI=1S/C24H20BrIN2O2/c1-3-12-30-18-9-10-21(25)19(14-18)23-27-22-11-6-16(26)13-20(22)24(29)28(23)17-7-4-15(2)5-8-17/h3-11,13-14,23,27H,1,12H2,2H3. The van der Waals surface area contributed by atoms with E-state index in [-0.39, 0.29) is 5.91 Å². The van der Waals surface area contributed by atoms with Crippen molar-refractivity contribution in [3.63, 3.8) is 0 Å². The number of nitrogens with zero attached hydrogens (tertiary/aromatic N) is 1. The van der Waals surface area contributed by atoms with Gasteiger partial charge in [0, 0.05) is 25.0 Å². The van der Waals surface area contributed by atoms with Gasteiger partial charge in [0.2, 0.25) is 0 Å². The van der Waals surface area contributed by atoms with E-state index in [4.69, 9.17) is 4.74 Å². The molecule has 0 fully saturated rings. The summed E-state index contributed by atoms with van der Waals surface area (Å²) < 4.78 is 7.65. The monoisotopic (exact) mass is 574 g/mol. The van der Waals surface area contributed by atoms with Crippen LogP contribution in [-0.2, 0) is 0 Å². The van der Waals surface area contributed by atoms with E-state index in [9.17, 15) is 4.79 Å². The van der Waals surface area contributed by atoms with Gasteiger partial charge < -0.3 is 10.1 Å². The molecule has 1 atom stereocenters. The van der Waals surface area contributed by atoms with Gasteiger partial charge in [-0.25, -0.2) is 0 Å². The first kappa shape index (κ1) is 20.9. The fourth-order valence-electron chi connectivity index (χ4n) is 3.44. The van der Waals surface area contributed by atoms with Gasteiger partial charge >= 0.3 is 0 Å². The van der Waals surface area contributed by atoms with E-state index in [1.807, 2.05) is 67.6 Å². The van der Waals surface area contributed by atoms with Crippen LogP contribution in [-0.4, -0.2) is 12.5 Å². The lowest BCUT2D eigenvalue weighted by atomic mass is 10.0. The molecule has 1 aliphatic rings. The molecule has 0 bridgehead atoms. The number of aryl methyl sites for hydroxylation is 1. The molecule has 0 spiro atoms. The van der Waals surface area contributed by atoms with Crippen LogP contribution < -0.4 is 15.0 Å². The summed E-state index contributed by atoms with van der Waals surface area (Å²) in [5.74, 6) is 0.681. The van der Waals surface area contributed by atoms with Gasteiger partial charge in [0.05, 0.1) is 5.56 Å². The van der Waals surface area contributed by atoms with E-state index in [0.717, 1.165) is 36.3 Å². The summed E-state index contributed by atoms with van der Waals surface area (Å²) in [6, 6.07) is 19.7. The zero-order valence-electron chi connectivity index (χ0n) is 16.4. The maximum absolute atomic E-state index is 13.6. The molecule has 3 aromatic rings. The second-order valence-corrected chi connectivity index (χ2v) is 9.13. The highest BCUT2D eigenvalue weighted by Crippen LogP contribution is 2.40. The van der Waals surface area contributed by atoms with Crippen molar-refractivity contribution >= 4 is 55.8 Å². The number of anilines is 2. The normalized spacial score (nSPS) is 15.4. The SMILES string of the molecule is C=CCOc1ccc(Br)c(C2Nc3ccc(I)cc3C(=O)N2c2ccc(C)cc2)c1. The number of nitrogens with one attached hydrogen (secondary N) is 1. The Balaban J connectivity index is 1.85. The van der Waals surface area contributed by atoms with Crippen LogP contribution in [0.3, 0.4) is 0 Å². The zero-order chi connectivity index (χ0) is 21.3. The van der Waals surface area contributed by atoms with Gasteiger partial charge in [-0.15, -0.1) is 0 Å². The highest BCUT2D eigenvalue weighted by Gasteiger charge is 2.35. The number of carbonyl (C=O) groups excluding carboxylic acids is 1. The van der Waals surface area contributed by atoms with Gasteiger partial charge in [-0.05, 0) is 78.0 Å². The number of amides is 1. The lowest BCUT2D eigenvalue weighted by Gasteiger charge is -2.38. The number of fused-ring (bicyclic) bond motifs is 1. The number of hydrogen-bond acceptors (Lipinski definition) is 3. The van der Waals surface area contributed by atoms with Crippen molar-refractivity contribution in [1.82, 2.24) is 0 Å². The van der Waals surface area contributed by atoms with Crippen molar-refractivity contribution in [1.29, 1.82) is 0 Å². The molecular formula is C24H20BrIN2O2. The minimum atomic E-state index is -0.394. The first-order chi connectivity index (χ1) is 14.5. The fraction of sp³-hybridized carbons (Fsp3) is 0.125. The van der Waals surface area contributed by atoms with Crippen LogP contribution >= 0.6 is 38.5 Å². The number of ether oxygens (including phenoxy) is 1. The van der Waals surface area contributed by atoms with Crippen molar-refractivity contribution in [3.8, 4) is 5.75 Å². The van der Waals surface area contributed by atoms with Crippen LogP contribution in [0.15, 0.2) is 77.8 Å². The van der Waals surface area contributed by atoms with E-state index in [0.29, 0.717) is 12.2 Å². The minimum Gasteiger partial charge on any atom is -0.490 e. The van der Waals surface area contributed by atoms with Crippen LogP contribution in [0.4, 0.5) is 11.4 Å². The predicted molar refractivity (Wildman–Crippen MR) is 133 cm³/mol. The number of carbonyl (C=O) groups is 1. The summed E-state index contributed by atoms with van der Waals surface area (Å²) in [5, 5.41) is 3.55. The minimum absolute atomic E-state index is 0.0413. The molecule has 6 heteroatoms. The second-order valence-electron chi connectivity index (χ2n) is 7.03. The molecule has 0 aliphatic carbocycles. The molecule has 1 unspecified atom stereocenters. The number of benzene rings is 3. The van der Waals surface area contributed by atoms with E-state index in [1.54, 1.807) is 11.0 Å². The zero-order valence-corrected chi connectivity index (χ0v) is 20.1. The predicted octanol–water partition coefficient (Wildman–Crippen LogP) is 6.70. The summed E-state index contributed by atoms with van der Waals surface area (Å²) >= 11 is 5.89. The molecule has 3 aromatic carbocycles. The molecule has 1 amide bonds. The Hall–Kier alpha value is -2.32. The topological polar surface area (TPSA) is 41.6 Å². The molecule has 4 rings (SSSR count). The lowest BCUT2D eigenvalue weighted by molar-refractivity contribution is 0.0974. The molecule has 0 saturated carbocycles. The van der Waals surface area contributed by atoms with Crippen molar-refractivity contribution in [3.05, 3.63) is 98.1 Å². The second kappa shape index (κ2) is 8.81. The Labute approximate surface area is 198 Å². The summed E-state index contributed by atoms with van der Waals surface area (Å²) in [4.78, 5) is 15.4. The number of halogens is 2. The third-order valence-corrected chi connectivity index (χ3v) is 6.32. The first-order valence-electron chi connectivity index (χ1n) is 9.47. The molecule has 0 aromatic heterocycles. The molecular weight excluding hydrogens is 555 g/mol.